The number of nitrogens with two attached hydrogens (primary N) is 1. The van der Waals surface area contributed by atoms with Gasteiger partial charge in [0, 0.05) is 6.04 Å². The first-order valence-electron chi connectivity index (χ1n) is 7.35. The SMILES string of the molecule is CCCCCCCC(C)n1cnc2c(=O)[nH]c(N)nc21. The Morgan fingerprint density at radius 1 is 1.35 bits per heavy atom. The summed E-state index contributed by atoms with van der Waals surface area (Å²) >= 11 is 0. The van der Waals surface area contributed by atoms with Crippen LogP contribution in [0.15, 0.2) is 11.1 Å². The van der Waals surface area contributed by atoms with Crippen molar-refractivity contribution in [2.24, 2.45) is 0 Å². The average molecular weight is 277 g/mol. The second-order valence-electron chi connectivity index (χ2n) is 5.33. The predicted molar refractivity (Wildman–Crippen MR) is 80.6 cm³/mol. The van der Waals surface area contributed by atoms with Crippen LogP contribution in [0.4, 0.5) is 5.95 Å². The highest BCUT2D eigenvalue weighted by atomic mass is 16.1. The summed E-state index contributed by atoms with van der Waals surface area (Å²) in [5.41, 5.74) is 6.26. The smallest absolute Gasteiger partial charge is 0.280 e. The fourth-order valence-corrected chi connectivity index (χ4v) is 2.45. The molecule has 0 fully saturated rings. The molecule has 0 spiro atoms. The van der Waals surface area contributed by atoms with E-state index in [1.54, 1.807) is 6.33 Å². The molecule has 6 heteroatoms. The van der Waals surface area contributed by atoms with Gasteiger partial charge in [-0.3, -0.25) is 9.78 Å². The van der Waals surface area contributed by atoms with Crippen LogP contribution >= 0.6 is 0 Å². The van der Waals surface area contributed by atoms with Gasteiger partial charge >= 0.3 is 0 Å². The number of imidazole rings is 1. The number of aromatic nitrogens is 4. The van der Waals surface area contributed by atoms with E-state index in [2.05, 4.69) is 28.8 Å². The Kier molecular flexibility index (Phi) is 4.76. The summed E-state index contributed by atoms with van der Waals surface area (Å²) in [4.78, 5) is 22.5. The van der Waals surface area contributed by atoms with Gasteiger partial charge in [-0.15, -0.1) is 0 Å². The van der Waals surface area contributed by atoms with E-state index in [0.29, 0.717) is 11.2 Å². The van der Waals surface area contributed by atoms with Crippen LogP contribution in [0.1, 0.15) is 58.4 Å². The molecule has 0 bridgehead atoms. The van der Waals surface area contributed by atoms with E-state index in [1.165, 1.54) is 32.1 Å². The van der Waals surface area contributed by atoms with Gasteiger partial charge in [0.15, 0.2) is 11.2 Å². The van der Waals surface area contributed by atoms with Crippen molar-refractivity contribution < 1.29 is 0 Å². The van der Waals surface area contributed by atoms with Gasteiger partial charge in [-0.05, 0) is 13.3 Å². The number of aromatic amines is 1. The molecule has 2 heterocycles. The fraction of sp³-hybridized carbons (Fsp3) is 0.643. The van der Waals surface area contributed by atoms with Crippen LogP contribution in [0.25, 0.3) is 11.2 Å². The van der Waals surface area contributed by atoms with Crippen molar-refractivity contribution in [3.63, 3.8) is 0 Å². The number of nitrogen functional groups attached to an aromatic ring is 1. The van der Waals surface area contributed by atoms with Gasteiger partial charge in [0.25, 0.3) is 5.56 Å². The van der Waals surface area contributed by atoms with Crippen molar-refractivity contribution in [3.05, 3.63) is 16.7 Å². The summed E-state index contributed by atoms with van der Waals surface area (Å²) in [6, 6.07) is 0.273. The Labute approximate surface area is 118 Å². The molecular weight excluding hydrogens is 254 g/mol. The number of hydrogen-bond donors (Lipinski definition) is 2. The van der Waals surface area contributed by atoms with Gasteiger partial charge in [-0.25, -0.2) is 4.98 Å². The topological polar surface area (TPSA) is 89.6 Å². The van der Waals surface area contributed by atoms with Crippen LogP contribution < -0.4 is 11.3 Å². The van der Waals surface area contributed by atoms with E-state index in [4.69, 9.17) is 5.73 Å². The number of fused-ring (bicyclic) bond motifs is 1. The second-order valence-corrected chi connectivity index (χ2v) is 5.33. The average Bonchev–Trinajstić information content (AvgIpc) is 2.82. The molecule has 6 nitrogen and oxygen atoms in total. The van der Waals surface area contributed by atoms with Gasteiger partial charge in [-0.2, -0.15) is 4.98 Å². The Bertz CT molecular complexity index is 616. The second kappa shape index (κ2) is 6.54. The van der Waals surface area contributed by atoms with Crippen molar-refractivity contribution in [2.75, 3.05) is 5.73 Å². The summed E-state index contributed by atoms with van der Waals surface area (Å²) in [6.07, 6.45) is 9.02. The third-order valence-corrected chi connectivity index (χ3v) is 3.65. The van der Waals surface area contributed by atoms with Crippen molar-refractivity contribution in [1.29, 1.82) is 0 Å². The number of rotatable bonds is 7. The Morgan fingerprint density at radius 2 is 2.10 bits per heavy atom. The van der Waals surface area contributed by atoms with Crippen LogP contribution in [-0.4, -0.2) is 19.5 Å². The Balaban J connectivity index is 2.07. The first-order valence-corrected chi connectivity index (χ1v) is 7.35. The number of hydrogen-bond acceptors (Lipinski definition) is 4. The van der Waals surface area contributed by atoms with Crippen LogP contribution in [0.2, 0.25) is 0 Å². The lowest BCUT2D eigenvalue weighted by Gasteiger charge is -2.13. The van der Waals surface area contributed by atoms with Gasteiger partial charge in [-0.1, -0.05) is 39.0 Å². The molecule has 2 aromatic rings. The molecule has 0 aliphatic carbocycles. The largest absolute Gasteiger partial charge is 0.369 e. The number of unbranched alkanes of at least 4 members (excludes halogenated alkanes) is 4. The van der Waals surface area contributed by atoms with Crippen LogP contribution in [0.3, 0.4) is 0 Å². The summed E-state index contributed by atoms with van der Waals surface area (Å²) in [6.45, 7) is 4.34. The highest BCUT2D eigenvalue weighted by molar-refractivity contribution is 5.70. The number of nitrogens with zero attached hydrogens (tertiary/aromatic N) is 3. The zero-order valence-electron chi connectivity index (χ0n) is 12.2. The van der Waals surface area contributed by atoms with Crippen molar-refractivity contribution in [1.82, 2.24) is 19.5 Å². The van der Waals surface area contributed by atoms with E-state index < -0.39 is 0 Å². The molecule has 1 unspecified atom stereocenters. The molecule has 0 aliphatic rings. The summed E-state index contributed by atoms with van der Waals surface area (Å²) in [5.74, 6) is 0.138. The van der Waals surface area contributed by atoms with E-state index in [1.807, 2.05) is 4.57 Å². The van der Waals surface area contributed by atoms with Crippen LogP contribution in [0.5, 0.6) is 0 Å². The lowest BCUT2D eigenvalue weighted by Crippen LogP contribution is -2.13. The first-order chi connectivity index (χ1) is 9.63. The molecule has 0 amide bonds. The zero-order chi connectivity index (χ0) is 14.5. The van der Waals surface area contributed by atoms with E-state index in [0.717, 1.165) is 6.42 Å². The minimum Gasteiger partial charge on any atom is -0.369 e. The molecule has 0 radical (unpaired) electrons. The van der Waals surface area contributed by atoms with E-state index in [9.17, 15) is 4.79 Å². The Morgan fingerprint density at radius 3 is 2.85 bits per heavy atom. The molecule has 2 aromatic heterocycles. The maximum Gasteiger partial charge on any atom is 0.280 e. The molecular formula is C14H23N5O. The molecule has 2 rings (SSSR count). The number of anilines is 1. The predicted octanol–water partition coefficient (Wildman–Crippen LogP) is 2.62. The summed E-state index contributed by atoms with van der Waals surface area (Å²) in [5, 5.41) is 0. The normalized spacial score (nSPS) is 12.9. The summed E-state index contributed by atoms with van der Waals surface area (Å²) in [7, 11) is 0. The lowest BCUT2D eigenvalue weighted by atomic mass is 10.1. The molecule has 20 heavy (non-hydrogen) atoms. The monoisotopic (exact) mass is 277 g/mol. The van der Waals surface area contributed by atoms with Crippen molar-refractivity contribution in [2.45, 2.75) is 58.4 Å². The fourth-order valence-electron chi connectivity index (χ4n) is 2.45. The third kappa shape index (κ3) is 3.18. The summed E-state index contributed by atoms with van der Waals surface area (Å²) < 4.78 is 1.95. The maximum absolute atomic E-state index is 11.7. The standard InChI is InChI=1S/C14H23N5O/c1-3-4-5-6-7-8-10(2)19-9-16-11-12(19)17-14(15)18-13(11)20/h9-10H,3-8H2,1-2H3,(H3,15,17,18,20). The highest BCUT2D eigenvalue weighted by Gasteiger charge is 2.13. The molecule has 110 valence electrons. The molecule has 1 atom stereocenters. The van der Waals surface area contributed by atoms with Gasteiger partial charge < -0.3 is 10.3 Å². The minimum absolute atomic E-state index is 0.138. The minimum atomic E-state index is -0.276. The van der Waals surface area contributed by atoms with Crippen LogP contribution in [-0.2, 0) is 0 Å². The molecule has 0 aliphatic heterocycles. The maximum atomic E-state index is 11.7. The number of nitrogens with one attached hydrogen (secondary N) is 1. The molecule has 0 saturated heterocycles. The van der Waals surface area contributed by atoms with Crippen molar-refractivity contribution in [3.8, 4) is 0 Å². The van der Waals surface area contributed by atoms with Crippen LogP contribution in [0, 0.1) is 0 Å². The molecule has 0 aromatic carbocycles. The molecule has 0 saturated carbocycles. The van der Waals surface area contributed by atoms with Gasteiger partial charge in [0.05, 0.1) is 6.33 Å². The van der Waals surface area contributed by atoms with Gasteiger partial charge in [0.1, 0.15) is 0 Å². The van der Waals surface area contributed by atoms with Crippen molar-refractivity contribution >= 4 is 17.1 Å². The van der Waals surface area contributed by atoms with E-state index >= 15 is 0 Å². The molecule has 3 N–H and O–H groups in total. The number of H-pyrrole nitrogens is 1. The lowest BCUT2D eigenvalue weighted by molar-refractivity contribution is 0.476. The third-order valence-electron chi connectivity index (χ3n) is 3.65. The Hall–Kier alpha value is -1.85. The highest BCUT2D eigenvalue weighted by Crippen LogP contribution is 2.19. The quantitative estimate of drug-likeness (QED) is 0.761. The first kappa shape index (κ1) is 14.6. The zero-order valence-corrected chi connectivity index (χ0v) is 12.2. The van der Waals surface area contributed by atoms with Gasteiger partial charge in [0.2, 0.25) is 5.95 Å². The van der Waals surface area contributed by atoms with E-state index in [-0.39, 0.29) is 17.5 Å².